The largest absolute Gasteiger partial charge is 0.416 e. The Hall–Kier alpha value is -2.94. The predicted octanol–water partition coefficient (Wildman–Crippen LogP) is 4.90. The van der Waals surface area contributed by atoms with E-state index in [1.807, 2.05) is 0 Å². The number of benzene rings is 2. The minimum absolute atomic E-state index is 0.0474. The van der Waals surface area contributed by atoms with E-state index < -0.39 is 11.7 Å². The number of alkyl halides is 3. The van der Waals surface area contributed by atoms with Gasteiger partial charge < -0.3 is 14.5 Å². The molecule has 2 saturated heterocycles. The van der Waals surface area contributed by atoms with Gasteiger partial charge in [-0.05, 0) is 67.6 Å². The molecule has 188 valence electrons. The number of halogens is 4. The summed E-state index contributed by atoms with van der Waals surface area (Å²) in [6, 6.07) is 10.3. The third-order valence-corrected chi connectivity index (χ3v) is 6.61. The molecule has 2 heterocycles. The van der Waals surface area contributed by atoms with Gasteiger partial charge in [0, 0.05) is 44.3 Å². The van der Waals surface area contributed by atoms with Crippen LogP contribution < -0.4 is 0 Å². The highest BCUT2D eigenvalue weighted by Gasteiger charge is 2.33. The van der Waals surface area contributed by atoms with Crippen LogP contribution in [0.5, 0.6) is 0 Å². The van der Waals surface area contributed by atoms with Crippen LogP contribution in [0.2, 0.25) is 0 Å². The zero-order valence-corrected chi connectivity index (χ0v) is 19.3. The molecule has 5 nitrogen and oxygen atoms in total. The van der Waals surface area contributed by atoms with E-state index in [1.54, 1.807) is 21.9 Å². The molecule has 0 bridgehead atoms. The molecule has 9 heteroatoms. The van der Waals surface area contributed by atoms with Gasteiger partial charge in [0.25, 0.3) is 5.91 Å². The second-order valence-corrected chi connectivity index (χ2v) is 9.13. The molecule has 2 aromatic carbocycles. The predicted molar refractivity (Wildman–Crippen MR) is 121 cm³/mol. The third-order valence-electron chi connectivity index (χ3n) is 6.61. The lowest BCUT2D eigenvalue weighted by Gasteiger charge is -2.35. The fourth-order valence-corrected chi connectivity index (χ4v) is 4.69. The van der Waals surface area contributed by atoms with E-state index in [-0.39, 0.29) is 41.8 Å². The molecule has 2 aliphatic heterocycles. The van der Waals surface area contributed by atoms with Crippen LogP contribution in [0, 0.1) is 11.7 Å². The lowest BCUT2D eigenvalue weighted by Crippen LogP contribution is -2.46. The number of rotatable bonds is 6. The third kappa shape index (κ3) is 6.39. The lowest BCUT2D eigenvalue weighted by molar-refractivity contribution is -0.139. The number of carbonyl (C=O) groups excluding carboxylic acids is 2. The average molecular weight is 493 g/mol. The van der Waals surface area contributed by atoms with E-state index in [1.165, 1.54) is 24.3 Å². The standard InChI is InChI=1S/C26H28F4N2O3/c27-22-4-1-3-18(15-22)16-32(17-23-5-2-14-35-23)25(34)20-10-12-31(13-11-20)24(33)19-6-8-21(9-7-19)26(28,29)30/h1,3-4,6-9,15,20,23H,2,5,10-14,16-17H2. The van der Waals surface area contributed by atoms with Gasteiger partial charge in [0.1, 0.15) is 5.82 Å². The van der Waals surface area contributed by atoms with E-state index >= 15 is 0 Å². The summed E-state index contributed by atoms with van der Waals surface area (Å²) in [6.07, 6.45) is -1.79. The summed E-state index contributed by atoms with van der Waals surface area (Å²) < 4.78 is 57.8. The summed E-state index contributed by atoms with van der Waals surface area (Å²) in [5.41, 5.74) is 0.0862. The van der Waals surface area contributed by atoms with Crippen LogP contribution >= 0.6 is 0 Å². The lowest BCUT2D eigenvalue weighted by atomic mass is 9.94. The number of carbonyl (C=O) groups is 2. The van der Waals surface area contributed by atoms with Gasteiger partial charge in [-0.1, -0.05) is 12.1 Å². The van der Waals surface area contributed by atoms with Crippen molar-refractivity contribution >= 4 is 11.8 Å². The molecule has 1 atom stereocenters. The van der Waals surface area contributed by atoms with Crippen LogP contribution in [0.3, 0.4) is 0 Å². The second-order valence-electron chi connectivity index (χ2n) is 9.13. The molecular formula is C26H28F4N2O3. The topological polar surface area (TPSA) is 49.9 Å². The Morgan fingerprint density at radius 2 is 1.74 bits per heavy atom. The molecule has 4 rings (SSSR count). The highest BCUT2D eigenvalue weighted by Crippen LogP contribution is 2.30. The van der Waals surface area contributed by atoms with Gasteiger partial charge in [-0.2, -0.15) is 13.2 Å². The maximum atomic E-state index is 13.7. The van der Waals surface area contributed by atoms with Crippen molar-refractivity contribution in [3.05, 3.63) is 71.0 Å². The van der Waals surface area contributed by atoms with Crippen LogP contribution in [0.1, 0.15) is 47.2 Å². The van der Waals surface area contributed by atoms with E-state index in [4.69, 9.17) is 4.74 Å². The maximum Gasteiger partial charge on any atom is 0.416 e. The number of hydrogen-bond donors (Lipinski definition) is 0. The minimum Gasteiger partial charge on any atom is -0.376 e. The molecule has 0 aromatic heterocycles. The van der Waals surface area contributed by atoms with Gasteiger partial charge in [0.05, 0.1) is 11.7 Å². The van der Waals surface area contributed by atoms with Crippen LogP contribution in [0.25, 0.3) is 0 Å². The monoisotopic (exact) mass is 492 g/mol. The molecule has 2 amide bonds. The first kappa shape index (κ1) is 25.2. The highest BCUT2D eigenvalue weighted by molar-refractivity contribution is 5.94. The normalized spacial score (nSPS) is 19.1. The number of likely N-dealkylation sites (tertiary alicyclic amines) is 1. The van der Waals surface area contributed by atoms with Crippen molar-refractivity contribution in [2.24, 2.45) is 5.92 Å². The summed E-state index contributed by atoms with van der Waals surface area (Å²) in [4.78, 5) is 29.5. The zero-order chi connectivity index (χ0) is 25.0. The molecule has 0 aliphatic carbocycles. The molecule has 2 aliphatic rings. The fourth-order valence-electron chi connectivity index (χ4n) is 4.69. The highest BCUT2D eigenvalue weighted by atomic mass is 19.4. The van der Waals surface area contributed by atoms with Crippen LogP contribution in [0.4, 0.5) is 17.6 Å². The number of hydrogen-bond acceptors (Lipinski definition) is 3. The van der Waals surface area contributed by atoms with Gasteiger partial charge in [-0.25, -0.2) is 4.39 Å². The summed E-state index contributed by atoms with van der Waals surface area (Å²) in [6.45, 7) is 2.05. The van der Waals surface area contributed by atoms with Crippen molar-refractivity contribution in [2.75, 3.05) is 26.2 Å². The van der Waals surface area contributed by atoms with E-state index in [9.17, 15) is 27.2 Å². The van der Waals surface area contributed by atoms with Gasteiger partial charge >= 0.3 is 6.18 Å². The first-order valence-corrected chi connectivity index (χ1v) is 11.8. The van der Waals surface area contributed by atoms with Crippen LogP contribution in [-0.4, -0.2) is 54.0 Å². The minimum atomic E-state index is -4.46. The van der Waals surface area contributed by atoms with Gasteiger partial charge in [-0.15, -0.1) is 0 Å². The van der Waals surface area contributed by atoms with E-state index in [0.29, 0.717) is 44.6 Å². The molecule has 2 fully saturated rings. The Morgan fingerprint density at radius 3 is 2.34 bits per heavy atom. The molecule has 2 aromatic rings. The molecule has 0 saturated carbocycles. The van der Waals surface area contributed by atoms with Crippen molar-refractivity contribution in [1.29, 1.82) is 0 Å². The van der Waals surface area contributed by atoms with Gasteiger partial charge in [0.2, 0.25) is 5.91 Å². The molecular weight excluding hydrogens is 464 g/mol. The van der Waals surface area contributed by atoms with Crippen molar-refractivity contribution in [1.82, 2.24) is 9.80 Å². The van der Waals surface area contributed by atoms with Crippen molar-refractivity contribution in [3.8, 4) is 0 Å². The Balaban J connectivity index is 1.38. The Morgan fingerprint density at radius 1 is 1.03 bits per heavy atom. The Kier molecular flexibility index (Phi) is 7.74. The first-order valence-electron chi connectivity index (χ1n) is 11.8. The Bertz CT molecular complexity index is 1030. The summed E-state index contributed by atoms with van der Waals surface area (Å²) in [7, 11) is 0. The number of nitrogens with zero attached hydrogens (tertiary/aromatic N) is 2. The molecule has 0 spiro atoms. The Labute approximate surface area is 201 Å². The maximum absolute atomic E-state index is 13.7. The summed E-state index contributed by atoms with van der Waals surface area (Å²) in [5.74, 6) is -1.05. The van der Waals surface area contributed by atoms with Crippen molar-refractivity contribution in [3.63, 3.8) is 0 Å². The summed E-state index contributed by atoms with van der Waals surface area (Å²) in [5, 5.41) is 0. The molecule has 0 radical (unpaired) electrons. The first-order chi connectivity index (χ1) is 16.7. The van der Waals surface area contributed by atoms with Crippen LogP contribution in [-0.2, 0) is 22.3 Å². The molecule has 35 heavy (non-hydrogen) atoms. The second kappa shape index (κ2) is 10.8. The van der Waals surface area contributed by atoms with Crippen molar-refractivity contribution < 1.29 is 31.9 Å². The zero-order valence-electron chi connectivity index (χ0n) is 19.3. The average Bonchev–Trinajstić information content (AvgIpc) is 3.36. The SMILES string of the molecule is O=C(c1ccc(C(F)(F)F)cc1)N1CCC(C(=O)N(Cc2cccc(F)c2)CC2CCCO2)CC1. The number of piperidine rings is 1. The van der Waals surface area contributed by atoms with Gasteiger partial charge in [0.15, 0.2) is 0 Å². The number of ether oxygens (including phenoxy) is 1. The van der Waals surface area contributed by atoms with E-state index in [0.717, 1.165) is 25.0 Å². The smallest absolute Gasteiger partial charge is 0.376 e. The molecule has 1 unspecified atom stereocenters. The van der Waals surface area contributed by atoms with Crippen molar-refractivity contribution in [2.45, 2.75) is 44.5 Å². The van der Waals surface area contributed by atoms with Crippen LogP contribution in [0.15, 0.2) is 48.5 Å². The van der Waals surface area contributed by atoms with Gasteiger partial charge in [-0.3, -0.25) is 9.59 Å². The fraction of sp³-hybridized carbons (Fsp3) is 0.462. The number of amides is 2. The quantitative estimate of drug-likeness (QED) is 0.539. The summed E-state index contributed by atoms with van der Waals surface area (Å²) >= 11 is 0. The van der Waals surface area contributed by atoms with E-state index in [2.05, 4.69) is 0 Å². The molecule has 0 N–H and O–H groups in total.